The number of nitrogens with zero attached hydrogens (tertiary/aromatic N) is 2. The number of benzene rings is 1. The van der Waals surface area contributed by atoms with Gasteiger partial charge >= 0.3 is 0 Å². The average molecular weight is 314 g/mol. The molecule has 2 rings (SSSR count). The number of anilines is 1. The molecule has 0 aliphatic carbocycles. The lowest BCUT2D eigenvalue weighted by molar-refractivity contribution is 0.134. The van der Waals surface area contributed by atoms with E-state index in [4.69, 9.17) is 10.5 Å². The third kappa shape index (κ3) is 3.60. The van der Waals surface area contributed by atoms with Crippen molar-refractivity contribution in [3.8, 4) is 5.75 Å². The van der Waals surface area contributed by atoms with Crippen LogP contribution in [0.3, 0.4) is 0 Å². The SMILES string of the molecule is CN1CCN(CCOc2c(N)cccc2Br)CC1. The molecule has 0 radical (unpaired) electrons. The predicted octanol–water partition coefficient (Wildman–Crippen LogP) is 1.66. The highest BCUT2D eigenvalue weighted by molar-refractivity contribution is 9.10. The van der Waals surface area contributed by atoms with E-state index < -0.39 is 0 Å². The molecular weight excluding hydrogens is 294 g/mol. The number of nitrogen functional groups attached to an aromatic ring is 1. The molecule has 1 heterocycles. The van der Waals surface area contributed by atoms with Crippen molar-refractivity contribution in [1.29, 1.82) is 0 Å². The van der Waals surface area contributed by atoms with Crippen LogP contribution in [0, 0.1) is 0 Å². The fourth-order valence-corrected chi connectivity index (χ4v) is 2.52. The summed E-state index contributed by atoms with van der Waals surface area (Å²) in [5.41, 5.74) is 6.57. The fraction of sp³-hybridized carbons (Fsp3) is 0.538. The number of rotatable bonds is 4. The molecule has 1 fully saturated rings. The van der Waals surface area contributed by atoms with E-state index in [2.05, 4.69) is 32.8 Å². The highest BCUT2D eigenvalue weighted by atomic mass is 79.9. The van der Waals surface area contributed by atoms with Gasteiger partial charge in [-0.05, 0) is 35.1 Å². The third-order valence-corrected chi connectivity index (χ3v) is 3.87. The van der Waals surface area contributed by atoms with Crippen molar-refractivity contribution in [2.75, 3.05) is 52.1 Å². The largest absolute Gasteiger partial charge is 0.489 e. The molecule has 0 aromatic heterocycles. The third-order valence-electron chi connectivity index (χ3n) is 3.25. The second kappa shape index (κ2) is 6.41. The van der Waals surface area contributed by atoms with E-state index in [1.54, 1.807) is 0 Å². The molecule has 1 aliphatic heterocycles. The standard InChI is InChI=1S/C13H20BrN3O/c1-16-5-7-17(8-6-16)9-10-18-13-11(14)3-2-4-12(13)15/h2-4H,5-10,15H2,1H3. The molecule has 1 aromatic carbocycles. The number of hydrogen-bond donors (Lipinski definition) is 1. The van der Waals surface area contributed by atoms with Crippen LogP contribution in [0.1, 0.15) is 0 Å². The zero-order chi connectivity index (χ0) is 13.0. The summed E-state index contributed by atoms with van der Waals surface area (Å²) >= 11 is 3.46. The van der Waals surface area contributed by atoms with Crippen molar-refractivity contribution in [3.63, 3.8) is 0 Å². The highest BCUT2D eigenvalue weighted by Gasteiger charge is 2.13. The summed E-state index contributed by atoms with van der Waals surface area (Å²) in [4.78, 5) is 4.77. The molecule has 0 saturated carbocycles. The molecule has 18 heavy (non-hydrogen) atoms. The van der Waals surface area contributed by atoms with E-state index in [1.807, 2.05) is 18.2 Å². The van der Waals surface area contributed by atoms with Crippen LogP contribution in [-0.4, -0.2) is 56.2 Å². The molecule has 5 heteroatoms. The Bertz CT molecular complexity index is 372. The first-order valence-corrected chi connectivity index (χ1v) is 7.04. The van der Waals surface area contributed by atoms with Crippen molar-refractivity contribution in [3.05, 3.63) is 22.7 Å². The van der Waals surface area contributed by atoms with Crippen molar-refractivity contribution < 1.29 is 4.74 Å². The molecule has 0 bridgehead atoms. The minimum atomic E-state index is 0.677. The van der Waals surface area contributed by atoms with Crippen LogP contribution < -0.4 is 10.5 Å². The predicted molar refractivity (Wildman–Crippen MR) is 78.0 cm³/mol. The van der Waals surface area contributed by atoms with Crippen LogP contribution in [-0.2, 0) is 0 Å². The summed E-state index contributed by atoms with van der Waals surface area (Å²) < 4.78 is 6.69. The minimum Gasteiger partial charge on any atom is -0.489 e. The second-order valence-electron chi connectivity index (χ2n) is 4.65. The van der Waals surface area contributed by atoms with Crippen molar-refractivity contribution in [2.24, 2.45) is 0 Å². The number of halogens is 1. The number of ether oxygens (including phenoxy) is 1. The molecule has 0 unspecified atom stereocenters. The van der Waals surface area contributed by atoms with E-state index in [1.165, 1.54) is 0 Å². The smallest absolute Gasteiger partial charge is 0.156 e. The highest BCUT2D eigenvalue weighted by Crippen LogP contribution is 2.30. The first-order valence-electron chi connectivity index (χ1n) is 6.24. The Labute approximate surface area is 117 Å². The lowest BCUT2D eigenvalue weighted by Gasteiger charge is -2.32. The molecular formula is C13H20BrN3O. The van der Waals surface area contributed by atoms with Crippen LogP contribution >= 0.6 is 15.9 Å². The number of likely N-dealkylation sites (N-methyl/N-ethyl adjacent to an activating group) is 1. The van der Waals surface area contributed by atoms with Gasteiger partial charge in [0.25, 0.3) is 0 Å². The van der Waals surface area contributed by atoms with Gasteiger partial charge in [0.1, 0.15) is 6.61 Å². The van der Waals surface area contributed by atoms with E-state index in [9.17, 15) is 0 Å². The first-order chi connectivity index (χ1) is 8.66. The number of para-hydroxylation sites is 1. The number of hydrogen-bond acceptors (Lipinski definition) is 4. The molecule has 0 amide bonds. The Balaban J connectivity index is 1.78. The van der Waals surface area contributed by atoms with E-state index in [0.29, 0.717) is 12.3 Å². The second-order valence-corrected chi connectivity index (χ2v) is 5.51. The summed E-state index contributed by atoms with van der Waals surface area (Å²) in [6, 6.07) is 5.71. The van der Waals surface area contributed by atoms with Gasteiger partial charge in [-0.2, -0.15) is 0 Å². The van der Waals surface area contributed by atoms with Gasteiger partial charge in [-0.1, -0.05) is 6.07 Å². The van der Waals surface area contributed by atoms with Crippen LogP contribution in [0.25, 0.3) is 0 Å². The van der Waals surface area contributed by atoms with Gasteiger partial charge in [0.15, 0.2) is 5.75 Å². The summed E-state index contributed by atoms with van der Waals surface area (Å²) in [5, 5.41) is 0. The lowest BCUT2D eigenvalue weighted by Crippen LogP contribution is -2.45. The zero-order valence-corrected chi connectivity index (χ0v) is 12.3. The molecule has 4 nitrogen and oxygen atoms in total. The maximum atomic E-state index is 5.88. The van der Waals surface area contributed by atoms with Crippen LogP contribution in [0.15, 0.2) is 22.7 Å². The number of piperazine rings is 1. The molecule has 1 aromatic rings. The molecule has 100 valence electrons. The van der Waals surface area contributed by atoms with Crippen molar-refractivity contribution in [1.82, 2.24) is 9.80 Å². The van der Waals surface area contributed by atoms with Crippen molar-refractivity contribution >= 4 is 21.6 Å². The lowest BCUT2D eigenvalue weighted by atomic mass is 10.3. The Hall–Kier alpha value is -0.780. The van der Waals surface area contributed by atoms with Gasteiger partial charge in [-0.3, -0.25) is 4.90 Å². The molecule has 0 atom stereocenters. The van der Waals surface area contributed by atoms with E-state index in [0.717, 1.165) is 42.9 Å². The average Bonchev–Trinajstić information content (AvgIpc) is 2.35. The van der Waals surface area contributed by atoms with Gasteiger partial charge in [-0.25, -0.2) is 0 Å². The Morgan fingerprint density at radius 2 is 2.00 bits per heavy atom. The van der Waals surface area contributed by atoms with E-state index in [-0.39, 0.29) is 0 Å². The molecule has 2 N–H and O–H groups in total. The monoisotopic (exact) mass is 313 g/mol. The topological polar surface area (TPSA) is 41.7 Å². The Morgan fingerprint density at radius 3 is 2.67 bits per heavy atom. The zero-order valence-electron chi connectivity index (χ0n) is 10.7. The van der Waals surface area contributed by atoms with Gasteiger partial charge in [0, 0.05) is 32.7 Å². The summed E-state index contributed by atoms with van der Waals surface area (Å²) in [7, 11) is 2.16. The summed E-state index contributed by atoms with van der Waals surface area (Å²) in [5.74, 6) is 0.756. The maximum Gasteiger partial charge on any atom is 0.156 e. The fourth-order valence-electron chi connectivity index (χ4n) is 2.03. The van der Waals surface area contributed by atoms with E-state index >= 15 is 0 Å². The summed E-state index contributed by atoms with van der Waals surface area (Å²) in [6.07, 6.45) is 0. The van der Waals surface area contributed by atoms with Crippen LogP contribution in [0.2, 0.25) is 0 Å². The Morgan fingerprint density at radius 1 is 1.28 bits per heavy atom. The van der Waals surface area contributed by atoms with Gasteiger partial charge in [0.2, 0.25) is 0 Å². The first kappa shape index (κ1) is 13.6. The van der Waals surface area contributed by atoms with Crippen LogP contribution in [0.5, 0.6) is 5.75 Å². The molecule has 0 spiro atoms. The normalized spacial score (nSPS) is 17.9. The van der Waals surface area contributed by atoms with Gasteiger partial charge in [-0.15, -0.1) is 0 Å². The van der Waals surface area contributed by atoms with Crippen LogP contribution in [0.4, 0.5) is 5.69 Å². The number of nitrogens with two attached hydrogens (primary N) is 1. The van der Waals surface area contributed by atoms with Gasteiger partial charge in [0.05, 0.1) is 10.2 Å². The molecule has 1 saturated heterocycles. The quantitative estimate of drug-likeness (QED) is 0.858. The summed E-state index contributed by atoms with van der Waals surface area (Å²) in [6.45, 7) is 6.14. The van der Waals surface area contributed by atoms with Gasteiger partial charge < -0.3 is 15.4 Å². The molecule has 1 aliphatic rings. The van der Waals surface area contributed by atoms with Crippen molar-refractivity contribution in [2.45, 2.75) is 0 Å². The maximum absolute atomic E-state index is 5.88. The minimum absolute atomic E-state index is 0.677. The Kier molecular flexibility index (Phi) is 4.86.